The lowest BCUT2D eigenvalue weighted by Crippen LogP contribution is -2.27. The monoisotopic (exact) mass is 397 g/mol. The lowest BCUT2D eigenvalue weighted by atomic mass is 10.1. The number of hydrogen-bond donors (Lipinski definition) is 0. The Morgan fingerprint density at radius 2 is 1.89 bits per heavy atom. The summed E-state index contributed by atoms with van der Waals surface area (Å²) in [5.41, 5.74) is 2.09. The molecule has 0 fully saturated rings. The minimum absolute atomic E-state index is 0.0416. The first kappa shape index (κ1) is 19.8. The van der Waals surface area contributed by atoms with Gasteiger partial charge in [0.15, 0.2) is 5.78 Å². The van der Waals surface area contributed by atoms with Gasteiger partial charge in [-0.2, -0.15) is 0 Å². The standard InChI is InChI=1S/C21H20ClN3O3/c1-23(13-16-6-3-2-4-7-16)15-21(26)19-8-5-11-24(19)14-17-9-10-18(22)12-20(17)25(27)28/h2-12H,13-15H2,1H3. The summed E-state index contributed by atoms with van der Waals surface area (Å²) in [5, 5.41) is 11.6. The average Bonchev–Trinajstić information content (AvgIpc) is 3.12. The maximum absolute atomic E-state index is 12.8. The van der Waals surface area contributed by atoms with E-state index in [0.717, 1.165) is 5.56 Å². The van der Waals surface area contributed by atoms with Crippen molar-refractivity contribution >= 4 is 23.1 Å². The van der Waals surface area contributed by atoms with Crippen molar-refractivity contribution in [2.75, 3.05) is 13.6 Å². The SMILES string of the molecule is CN(CC(=O)c1cccn1Cc1ccc(Cl)cc1[N+](=O)[O-])Cc1ccccc1. The molecule has 0 N–H and O–H groups in total. The molecule has 0 aliphatic carbocycles. The van der Waals surface area contributed by atoms with Crippen molar-refractivity contribution in [1.82, 2.24) is 9.47 Å². The summed E-state index contributed by atoms with van der Waals surface area (Å²) in [5.74, 6) is -0.0416. The Bertz CT molecular complexity index is 986. The fraction of sp³-hybridized carbons (Fsp3) is 0.190. The van der Waals surface area contributed by atoms with Crippen LogP contribution in [-0.4, -0.2) is 33.8 Å². The van der Waals surface area contributed by atoms with Gasteiger partial charge in [0.2, 0.25) is 0 Å². The molecule has 0 aliphatic heterocycles. The van der Waals surface area contributed by atoms with Crippen LogP contribution in [0.2, 0.25) is 5.02 Å². The first-order chi connectivity index (χ1) is 13.4. The maximum atomic E-state index is 12.8. The molecular formula is C21H20ClN3O3. The van der Waals surface area contributed by atoms with E-state index in [2.05, 4.69) is 0 Å². The predicted molar refractivity (Wildman–Crippen MR) is 109 cm³/mol. The number of rotatable bonds is 8. The van der Waals surface area contributed by atoms with Crippen LogP contribution in [0.25, 0.3) is 0 Å². The normalized spacial score (nSPS) is 11.0. The number of Topliss-reactive ketones (excluding diaryl/α,β-unsaturated/α-hetero) is 1. The van der Waals surface area contributed by atoms with Gasteiger partial charge in [0.25, 0.3) is 5.69 Å². The molecule has 7 heteroatoms. The summed E-state index contributed by atoms with van der Waals surface area (Å²) in [6.45, 7) is 1.14. The van der Waals surface area contributed by atoms with Gasteiger partial charge in [-0.1, -0.05) is 41.9 Å². The van der Waals surface area contributed by atoms with Gasteiger partial charge < -0.3 is 4.57 Å². The number of hydrogen-bond acceptors (Lipinski definition) is 4. The number of aromatic nitrogens is 1. The van der Waals surface area contributed by atoms with Crippen molar-refractivity contribution in [3.8, 4) is 0 Å². The Kier molecular flexibility index (Phi) is 6.23. The van der Waals surface area contributed by atoms with Crippen molar-refractivity contribution in [3.05, 3.63) is 98.8 Å². The molecule has 0 spiro atoms. The quantitative estimate of drug-likeness (QED) is 0.320. The second kappa shape index (κ2) is 8.82. The molecule has 0 saturated heterocycles. The Morgan fingerprint density at radius 3 is 2.61 bits per heavy atom. The van der Waals surface area contributed by atoms with Gasteiger partial charge in [0.05, 0.1) is 23.7 Å². The van der Waals surface area contributed by atoms with Crippen molar-refractivity contribution in [2.24, 2.45) is 0 Å². The summed E-state index contributed by atoms with van der Waals surface area (Å²) in [6, 6.07) is 18.0. The van der Waals surface area contributed by atoms with E-state index in [9.17, 15) is 14.9 Å². The van der Waals surface area contributed by atoms with Crippen LogP contribution < -0.4 is 0 Å². The fourth-order valence-electron chi connectivity index (χ4n) is 3.11. The number of nitrogens with zero attached hydrogens (tertiary/aromatic N) is 3. The molecule has 0 saturated carbocycles. The van der Waals surface area contributed by atoms with Crippen LogP contribution >= 0.6 is 11.6 Å². The molecule has 0 amide bonds. The minimum Gasteiger partial charge on any atom is -0.340 e. The topological polar surface area (TPSA) is 68.4 Å². The van der Waals surface area contributed by atoms with E-state index < -0.39 is 4.92 Å². The van der Waals surface area contributed by atoms with Crippen molar-refractivity contribution in [3.63, 3.8) is 0 Å². The fourth-order valence-corrected chi connectivity index (χ4v) is 3.27. The van der Waals surface area contributed by atoms with Gasteiger partial charge in [-0.05, 0) is 36.9 Å². The molecule has 0 aliphatic rings. The third-order valence-corrected chi connectivity index (χ3v) is 4.64. The van der Waals surface area contributed by atoms with E-state index in [0.29, 0.717) is 22.8 Å². The van der Waals surface area contributed by atoms with Gasteiger partial charge in [-0.3, -0.25) is 19.8 Å². The lowest BCUT2D eigenvalue weighted by Gasteiger charge is -2.17. The Balaban J connectivity index is 1.73. The molecule has 28 heavy (non-hydrogen) atoms. The number of nitro benzene ring substituents is 1. The number of carbonyl (C=O) groups excluding carboxylic acids is 1. The lowest BCUT2D eigenvalue weighted by molar-refractivity contribution is -0.385. The van der Waals surface area contributed by atoms with E-state index in [1.165, 1.54) is 6.07 Å². The van der Waals surface area contributed by atoms with E-state index in [1.807, 2.05) is 42.3 Å². The van der Waals surface area contributed by atoms with Crippen LogP contribution in [-0.2, 0) is 13.1 Å². The van der Waals surface area contributed by atoms with Crippen molar-refractivity contribution in [2.45, 2.75) is 13.1 Å². The zero-order chi connectivity index (χ0) is 20.1. The Labute approximate surface area is 168 Å². The molecule has 6 nitrogen and oxygen atoms in total. The number of carbonyl (C=O) groups is 1. The first-order valence-electron chi connectivity index (χ1n) is 8.77. The zero-order valence-electron chi connectivity index (χ0n) is 15.4. The minimum atomic E-state index is -0.458. The third kappa shape index (κ3) is 4.85. The van der Waals surface area contributed by atoms with Crippen LogP contribution in [0.1, 0.15) is 21.6 Å². The molecule has 0 bridgehead atoms. The van der Waals surface area contributed by atoms with Crippen molar-refractivity contribution in [1.29, 1.82) is 0 Å². The van der Waals surface area contributed by atoms with Gasteiger partial charge in [0, 0.05) is 29.4 Å². The highest BCUT2D eigenvalue weighted by Crippen LogP contribution is 2.24. The third-order valence-electron chi connectivity index (χ3n) is 4.41. The maximum Gasteiger partial charge on any atom is 0.275 e. The zero-order valence-corrected chi connectivity index (χ0v) is 16.2. The molecule has 0 atom stereocenters. The highest BCUT2D eigenvalue weighted by atomic mass is 35.5. The van der Waals surface area contributed by atoms with Crippen LogP contribution in [0.3, 0.4) is 0 Å². The highest BCUT2D eigenvalue weighted by molar-refractivity contribution is 6.30. The van der Waals surface area contributed by atoms with Gasteiger partial charge in [-0.25, -0.2) is 0 Å². The van der Waals surface area contributed by atoms with Gasteiger partial charge >= 0.3 is 0 Å². The Morgan fingerprint density at radius 1 is 1.14 bits per heavy atom. The van der Waals surface area contributed by atoms with Gasteiger partial charge in [0.1, 0.15) is 0 Å². The van der Waals surface area contributed by atoms with Gasteiger partial charge in [-0.15, -0.1) is 0 Å². The molecule has 1 heterocycles. The molecule has 2 aromatic carbocycles. The summed E-state index contributed by atoms with van der Waals surface area (Å²) in [4.78, 5) is 25.6. The van der Waals surface area contributed by atoms with Crippen LogP contribution in [0, 0.1) is 10.1 Å². The highest BCUT2D eigenvalue weighted by Gasteiger charge is 2.18. The molecule has 144 valence electrons. The summed E-state index contributed by atoms with van der Waals surface area (Å²) < 4.78 is 1.73. The molecule has 0 radical (unpaired) electrons. The largest absolute Gasteiger partial charge is 0.340 e. The van der Waals surface area contributed by atoms with E-state index >= 15 is 0 Å². The van der Waals surface area contributed by atoms with Crippen LogP contribution in [0.15, 0.2) is 66.9 Å². The number of likely N-dealkylation sites (N-methyl/N-ethyl adjacent to an activating group) is 1. The van der Waals surface area contributed by atoms with Crippen LogP contribution in [0.5, 0.6) is 0 Å². The van der Waals surface area contributed by atoms with Crippen LogP contribution in [0.4, 0.5) is 5.69 Å². The molecular weight excluding hydrogens is 378 g/mol. The summed E-state index contributed by atoms with van der Waals surface area (Å²) in [6.07, 6.45) is 1.75. The predicted octanol–water partition coefficient (Wildman–Crippen LogP) is 4.41. The molecule has 3 rings (SSSR count). The average molecular weight is 398 g/mol. The second-order valence-corrected chi connectivity index (χ2v) is 7.07. The Hall–Kier alpha value is -2.96. The number of ketones is 1. The van der Waals surface area contributed by atoms with Crippen molar-refractivity contribution < 1.29 is 9.72 Å². The second-order valence-electron chi connectivity index (χ2n) is 6.63. The molecule has 0 unspecified atom stereocenters. The molecule has 1 aromatic heterocycles. The van der Waals surface area contributed by atoms with E-state index in [4.69, 9.17) is 11.6 Å². The van der Waals surface area contributed by atoms with E-state index in [-0.39, 0.29) is 24.6 Å². The number of benzene rings is 2. The smallest absolute Gasteiger partial charge is 0.275 e. The van der Waals surface area contributed by atoms with E-state index in [1.54, 1.807) is 35.0 Å². The summed E-state index contributed by atoms with van der Waals surface area (Å²) >= 11 is 5.88. The molecule has 3 aromatic rings. The number of nitro groups is 1. The number of halogens is 1. The first-order valence-corrected chi connectivity index (χ1v) is 9.15. The summed E-state index contributed by atoms with van der Waals surface area (Å²) in [7, 11) is 1.89.